The monoisotopic (exact) mass is 183 g/mol. The first-order valence-corrected chi connectivity index (χ1v) is 3.95. The first kappa shape index (κ1) is 9.02. The maximum atomic E-state index is 12.5. The van der Waals surface area contributed by atoms with E-state index in [0.29, 0.717) is 5.69 Å². The zero-order valence-corrected chi connectivity index (χ0v) is 7.32. The van der Waals surface area contributed by atoms with Crippen molar-refractivity contribution in [3.05, 3.63) is 29.3 Å². The number of aryl methyl sites for hydroxylation is 1. The van der Waals surface area contributed by atoms with Gasteiger partial charge in [-0.2, -0.15) is 4.39 Å². The zero-order valence-electron chi connectivity index (χ0n) is 6.56. The van der Waals surface area contributed by atoms with Gasteiger partial charge in [-0.15, -0.1) is 11.6 Å². The van der Waals surface area contributed by atoms with Crippen LogP contribution in [0.5, 0.6) is 0 Å². The molecule has 0 spiro atoms. The standard InChI is InChI=1S/C9H7ClFN/c1-7-8(3-2-6-10)4-5-9(11)12-7/h4-5H,6H2,1H3. The average Bonchev–Trinajstić information content (AvgIpc) is 2.03. The molecular formula is C9H7ClFN. The highest BCUT2D eigenvalue weighted by Gasteiger charge is 1.96. The topological polar surface area (TPSA) is 12.9 Å². The maximum Gasteiger partial charge on any atom is 0.213 e. The molecule has 0 bridgehead atoms. The van der Waals surface area contributed by atoms with E-state index in [4.69, 9.17) is 11.6 Å². The summed E-state index contributed by atoms with van der Waals surface area (Å²) >= 11 is 5.37. The molecule has 1 nitrogen and oxygen atoms in total. The van der Waals surface area contributed by atoms with Gasteiger partial charge in [-0.1, -0.05) is 11.8 Å². The van der Waals surface area contributed by atoms with Crippen molar-refractivity contribution in [1.82, 2.24) is 4.98 Å². The molecule has 0 amide bonds. The number of aromatic nitrogens is 1. The van der Waals surface area contributed by atoms with Crippen molar-refractivity contribution < 1.29 is 4.39 Å². The molecule has 1 heterocycles. The lowest BCUT2D eigenvalue weighted by molar-refractivity contribution is 0.579. The Kier molecular flexibility index (Phi) is 3.07. The fourth-order valence-corrected chi connectivity index (χ4v) is 0.858. The fraction of sp³-hybridized carbons (Fsp3) is 0.222. The number of pyridine rings is 1. The highest BCUT2D eigenvalue weighted by molar-refractivity contribution is 6.19. The van der Waals surface area contributed by atoms with E-state index in [1.807, 2.05) is 0 Å². The highest BCUT2D eigenvalue weighted by atomic mass is 35.5. The largest absolute Gasteiger partial charge is 0.224 e. The van der Waals surface area contributed by atoms with E-state index in [-0.39, 0.29) is 5.88 Å². The number of hydrogen-bond donors (Lipinski definition) is 0. The van der Waals surface area contributed by atoms with Gasteiger partial charge < -0.3 is 0 Å². The van der Waals surface area contributed by atoms with Gasteiger partial charge in [0.15, 0.2) is 0 Å². The van der Waals surface area contributed by atoms with Crippen molar-refractivity contribution in [2.75, 3.05) is 5.88 Å². The van der Waals surface area contributed by atoms with Crippen molar-refractivity contribution >= 4 is 11.6 Å². The van der Waals surface area contributed by atoms with E-state index < -0.39 is 5.95 Å². The molecule has 0 atom stereocenters. The van der Waals surface area contributed by atoms with Crippen LogP contribution in [0.2, 0.25) is 0 Å². The molecule has 0 aliphatic carbocycles. The molecule has 0 fully saturated rings. The van der Waals surface area contributed by atoms with Gasteiger partial charge >= 0.3 is 0 Å². The van der Waals surface area contributed by atoms with Crippen LogP contribution in [-0.2, 0) is 0 Å². The Morgan fingerprint density at radius 1 is 1.58 bits per heavy atom. The lowest BCUT2D eigenvalue weighted by atomic mass is 10.2. The molecule has 3 heteroatoms. The Balaban J connectivity index is 3.01. The SMILES string of the molecule is Cc1nc(F)ccc1C#CCCl. The number of halogens is 2. The summed E-state index contributed by atoms with van der Waals surface area (Å²) in [5, 5.41) is 0. The second-order valence-corrected chi connectivity index (χ2v) is 2.47. The van der Waals surface area contributed by atoms with Gasteiger partial charge in [-0.25, -0.2) is 4.98 Å². The summed E-state index contributed by atoms with van der Waals surface area (Å²) in [5.74, 6) is 5.25. The number of alkyl halides is 1. The fourth-order valence-electron chi connectivity index (χ4n) is 0.791. The lowest BCUT2D eigenvalue weighted by Crippen LogP contribution is -1.90. The van der Waals surface area contributed by atoms with Crippen LogP contribution >= 0.6 is 11.6 Å². The van der Waals surface area contributed by atoms with Gasteiger partial charge in [0.2, 0.25) is 5.95 Å². The van der Waals surface area contributed by atoms with Crippen LogP contribution < -0.4 is 0 Å². The van der Waals surface area contributed by atoms with Crippen LogP contribution in [0.4, 0.5) is 4.39 Å². The quantitative estimate of drug-likeness (QED) is 0.341. The average molecular weight is 184 g/mol. The molecule has 0 saturated carbocycles. The Bertz CT molecular complexity index is 338. The highest BCUT2D eigenvalue weighted by Crippen LogP contribution is 2.03. The van der Waals surface area contributed by atoms with E-state index in [2.05, 4.69) is 16.8 Å². The molecule has 0 aliphatic heterocycles. The van der Waals surface area contributed by atoms with Crippen LogP contribution in [0.1, 0.15) is 11.3 Å². The molecule has 0 aromatic carbocycles. The van der Waals surface area contributed by atoms with E-state index in [1.54, 1.807) is 13.0 Å². The Hall–Kier alpha value is -1.07. The van der Waals surface area contributed by atoms with Crippen molar-refractivity contribution in [3.63, 3.8) is 0 Å². The van der Waals surface area contributed by atoms with E-state index in [1.165, 1.54) is 6.07 Å². The Morgan fingerprint density at radius 2 is 2.33 bits per heavy atom. The normalized spacial score (nSPS) is 8.92. The second kappa shape index (κ2) is 4.08. The summed E-state index contributed by atoms with van der Waals surface area (Å²) in [5.41, 5.74) is 1.31. The van der Waals surface area contributed by atoms with Gasteiger partial charge in [0.05, 0.1) is 11.6 Å². The number of nitrogens with zero attached hydrogens (tertiary/aromatic N) is 1. The number of rotatable bonds is 0. The Morgan fingerprint density at radius 3 is 2.92 bits per heavy atom. The predicted molar refractivity (Wildman–Crippen MR) is 46.5 cm³/mol. The number of hydrogen-bond acceptors (Lipinski definition) is 1. The molecule has 1 rings (SSSR count). The first-order chi connectivity index (χ1) is 5.74. The predicted octanol–water partition coefficient (Wildman–Crippen LogP) is 2.12. The molecule has 0 saturated heterocycles. The third-order valence-electron chi connectivity index (χ3n) is 1.34. The minimum absolute atomic E-state index is 0.275. The van der Waals surface area contributed by atoms with Crippen molar-refractivity contribution in [3.8, 4) is 11.8 Å². The van der Waals surface area contributed by atoms with E-state index in [0.717, 1.165) is 5.56 Å². The van der Waals surface area contributed by atoms with Crippen molar-refractivity contribution in [1.29, 1.82) is 0 Å². The molecule has 62 valence electrons. The lowest BCUT2D eigenvalue weighted by Gasteiger charge is -1.95. The zero-order chi connectivity index (χ0) is 8.97. The maximum absolute atomic E-state index is 12.5. The van der Waals surface area contributed by atoms with Gasteiger partial charge in [-0.3, -0.25) is 0 Å². The van der Waals surface area contributed by atoms with E-state index >= 15 is 0 Å². The molecule has 0 aliphatic rings. The van der Waals surface area contributed by atoms with Crippen LogP contribution in [0, 0.1) is 24.7 Å². The van der Waals surface area contributed by atoms with Crippen LogP contribution in [-0.4, -0.2) is 10.9 Å². The van der Waals surface area contributed by atoms with Crippen molar-refractivity contribution in [2.45, 2.75) is 6.92 Å². The minimum atomic E-state index is -0.482. The van der Waals surface area contributed by atoms with Crippen LogP contribution in [0.25, 0.3) is 0 Å². The van der Waals surface area contributed by atoms with Crippen LogP contribution in [0.3, 0.4) is 0 Å². The van der Waals surface area contributed by atoms with Gasteiger partial charge in [0.1, 0.15) is 0 Å². The van der Waals surface area contributed by atoms with Crippen LogP contribution in [0.15, 0.2) is 12.1 Å². The Labute approximate surface area is 75.6 Å². The van der Waals surface area contributed by atoms with Gasteiger partial charge in [-0.05, 0) is 19.1 Å². The molecule has 1 aromatic rings. The van der Waals surface area contributed by atoms with Gasteiger partial charge in [0, 0.05) is 5.56 Å². The minimum Gasteiger partial charge on any atom is -0.224 e. The van der Waals surface area contributed by atoms with Gasteiger partial charge in [0.25, 0.3) is 0 Å². The molecule has 0 unspecified atom stereocenters. The summed E-state index contributed by atoms with van der Waals surface area (Å²) in [7, 11) is 0. The molecule has 0 N–H and O–H groups in total. The molecular weight excluding hydrogens is 177 g/mol. The summed E-state index contributed by atoms with van der Waals surface area (Å²) in [6, 6.07) is 2.88. The smallest absolute Gasteiger partial charge is 0.213 e. The summed E-state index contributed by atoms with van der Waals surface area (Å²) in [6.45, 7) is 1.71. The first-order valence-electron chi connectivity index (χ1n) is 3.42. The third-order valence-corrected chi connectivity index (χ3v) is 1.48. The second-order valence-electron chi connectivity index (χ2n) is 2.20. The summed E-state index contributed by atoms with van der Waals surface area (Å²) < 4.78 is 12.5. The molecule has 12 heavy (non-hydrogen) atoms. The summed E-state index contributed by atoms with van der Waals surface area (Å²) in [4.78, 5) is 3.61. The van der Waals surface area contributed by atoms with E-state index in [9.17, 15) is 4.39 Å². The van der Waals surface area contributed by atoms with Crippen molar-refractivity contribution in [2.24, 2.45) is 0 Å². The third kappa shape index (κ3) is 2.21. The summed E-state index contributed by atoms with van der Waals surface area (Å²) in [6.07, 6.45) is 0. The molecule has 0 radical (unpaired) electrons. The molecule has 1 aromatic heterocycles.